The third kappa shape index (κ3) is 2.99. The van der Waals surface area contributed by atoms with Crippen LogP contribution in [0.1, 0.15) is 42.5 Å². The van der Waals surface area contributed by atoms with Crippen molar-refractivity contribution in [2.45, 2.75) is 38.1 Å². The maximum atomic E-state index is 13.3. The summed E-state index contributed by atoms with van der Waals surface area (Å²) in [5.74, 6) is 0.547. The van der Waals surface area contributed by atoms with Crippen LogP contribution >= 0.6 is 0 Å². The van der Waals surface area contributed by atoms with E-state index in [2.05, 4.69) is 12.2 Å². The van der Waals surface area contributed by atoms with E-state index < -0.39 is 0 Å². The number of ketones is 1. The largest absolute Gasteiger partial charge is 0.457 e. The van der Waals surface area contributed by atoms with Crippen molar-refractivity contribution in [2.75, 3.05) is 6.61 Å². The van der Waals surface area contributed by atoms with Crippen LogP contribution in [0.25, 0.3) is 0 Å². The van der Waals surface area contributed by atoms with E-state index >= 15 is 0 Å². The van der Waals surface area contributed by atoms with Gasteiger partial charge in [-0.25, -0.2) is 0 Å². The highest BCUT2D eigenvalue weighted by Crippen LogP contribution is 2.65. The van der Waals surface area contributed by atoms with Gasteiger partial charge in [-0.15, -0.1) is 0 Å². The minimum atomic E-state index is -0.359. The number of allylic oxidation sites excluding steroid dienone is 2. The lowest BCUT2D eigenvalue weighted by Gasteiger charge is -2.37. The van der Waals surface area contributed by atoms with Crippen molar-refractivity contribution in [3.05, 3.63) is 48.0 Å². The maximum Gasteiger partial charge on any atom is 0.309 e. The smallest absolute Gasteiger partial charge is 0.309 e. The first-order valence-electron chi connectivity index (χ1n) is 11.8. The molecule has 6 atom stereocenters. The van der Waals surface area contributed by atoms with Crippen LogP contribution in [0.2, 0.25) is 0 Å². The molecule has 166 valence electrons. The van der Waals surface area contributed by atoms with Gasteiger partial charge in [-0.2, -0.15) is 0 Å². The number of esters is 1. The van der Waals surface area contributed by atoms with Crippen LogP contribution in [0.5, 0.6) is 0 Å². The first-order chi connectivity index (χ1) is 15.5. The Labute approximate surface area is 187 Å². The van der Waals surface area contributed by atoms with Gasteiger partial charge in [-0.1, -0.05) is 42.5 Å². The van der Waals surface area contributed by atoms with Crippen molar-refractivity contribution < 1.29 is 23.9 Å². The Hall–Kier alpha value is -2.76. The SMILES string of the molecule is O=C(COC(=O)C1CCC(N2C(=O)[C@H]3[C@@H]4C=C[C@H]([C@H]5C[C@H]45)[C@@H]3C2=O)CC1)c1ccccc1. The van der Waals surface area contributed by atoms with Crippen LogP contribution < -0.4 is 0 Å². The average Bonchev–Trinajstić information content (AvgIpc) is 3.61. The normalized spacial score (nSPS) is 38.9. The van der Waals surface area contributed by atoms with E-state index in [4.69, 9.17) is 4.74 Å². The molecule has 2 amide bonds. The molecule has 0 N–H and O–H groups in total. The third-order valence-electron chi connectivity index (χ3n) is 8.53. The molecule has 0 aromatic heterocycles. The fraction of sp³-hybridized carbons (Fsp3) is 0.538. The summed E-state index contributed by atoms with van der Waals surface area (Å²) in [6.45, 7) is -0.257. The number of carbonyl (C=O) groups excluding carboxylic acids is 4. The van der Waals surface area contributed by atoms with Gasteiger partial charge in [0.2, 0.25) is 11.8 Å². The number of rotatable bonds is 5. The number of benzene rings is 1. The number of nitrogens with zero attached hydrogens (tertiary/aromatic N) is 1. The van der Waals surface area contributed by atoms with E-state index in [9.17, 15) is 19.2 Å². The van der Waals surface area contributed by atoms with Crippen molar-refractivity contribution in [3.8, 4) is 0 Å². The fourth-order valence-corrected chi connectivity index (χ4v) is 6.87. The quantitative estimate of drug-likeness (QED) is 0.309. The summed E-state index contributed by atoms with van der Waals surface area (Å²) in [4.78, 5) is 52.8. The minimum absolute atomic E-state index is 0.0178. The van der Waals surface area contributed by atoms with Crippen molar-refractivity contribution in [1.82, 2.24) is 4.90 Å². The predicted octanol–water partition coefficient (Wildman–Crippen LogP) is 3.02. The molecular formula is C26H27NO5. The highest BCUT2D eigenvalue weighted by Gasteiger charge is 2.67. The molecule has 0 unspecified atom stereocenters. The molecule has 6 nitrogen and oxygen atoms in total. The maximum absolute atomic E-state index is 13.3. The van der Waals surface area contributed by atoms with Crippen molar-refractivity contribution >= 4 is 23.6 Å². The fourth-order valence-electron chi connectivity index (χ4n) is 6.87. The number of hydrogen-bond donors (Lipinski definition) is 0. The van der Waals surface area contributed by atoms with Gasteiger partial charge in [0.05, 0.1) is 17.8 Å². The lowest BCUT2D eigenvalue weighted by Crippen LogP contribution is -2.44. The van der Waals surface area contributed by atoms with Crippen molar-refractivity contribution in [3.63, 3.8) is 0 Å². The van der Waals surface area contributed by atoms with Crippen molar-refractivity contribution in [2.24, 2.45) is 41.4 Å². The molecule has 32 heavy (non-hydrogen) atoms. The van der Waals surface area contributed by atoms with Gasteiger partial charge in [-0.05, 0) is 55.8 Å². The van der Waals surface area contributed by atoms with Gasteiger partial charge in [0.25, 0.3) is 0 Å². The molecule has 2 bridgehead atoms. The molecule has 1 heterocycles. The number of likely N-dealkylation sites (tertiary alicyclic amines) is 1. The zero-order chi connectivity index (χ0) is 22.0. The summed E-state index contributed by atoms with van der Waals surface area (Å²) in [6, 6.07) is 8.67. The number of hydrogen-bond acceptors (Lipinski definition) is 5. The number of amides is 2. The second-order valence-corrected chi connectivity index (χ2v) is 10.1. The summed E-state index contributed by atoms with van der Waals surface area (Å²) in [5.41, 5.74) is 0.526. The average molecular weight is 434 g/mol. The summed E-state index contributed by atoms with van der Waals surface area (Å²) >= 11 is 0. The number of carbonyl (C=O) groups is 4. The lowest BCUT2D eigenvalue weighted by molar-refractivity contribution is -0.149. The summed E-state index contributed by atoms with van der Waals surface area (Å²) in [6.07, 6.45) is 7.95. The molecule has 3 saturated carbocycles. The molecule has 4 fully saturated rings. The Balaban J connectivity index is 1.05. The monoisotopic (exact) mass is 433 g/mol. The van der Waals surface area contributed by atoms with Gasteiger partial charge >= 0.3 is 5.97 Å². The highest BCUT2D eigenvalue weighted by atomic mass is 16.5. The Morgan fingerprint density at radius 1 is 0.875 bits per heavy atom. The second-order valence-electron chi connectivity index (χ2n) is 10.1. The zero-order valence-electron chi connectivity index (χ0n) is 17.9. The number of Topliss-reactive ketones (excluding diaryl/α,β-unsaturated/α-hetero) is 1. The molecule has 5 aliphatic carbocycles. The van der Waals surface area contributed by atoms with Crippen LogP contribution in [0.4, 0.5) is 0 Å². The van der Waals surface area contributed by atoms with Crippen molar-refractivity contribution in [1.29, 1.82) is 0 Å². The van der Waals surface area contributed by atoms with Crippen LogP contribution in [-0.4, -0.2) is 41.1 Å². The van der Waals surface area contributed by atoms with Crippen LogP contribution in [0.3, 0.4) is 0 Å². The molecule has 0 radical (unpaired) electrons. The van der Waals surface area contributed by atoms with E-state index in [-0.39, 0.29) is 65.8 Å². The van der Waals surface area contributed by atoms with Gasteiger partial charge in [0, 0.05) is 11.6 Å². The number of ether oxygens (including phenoxy) is 1. The van der Waals surface area contributed by atoms with Gasteiger partial charge < -0.3 is 4.74 Å². The van der Waals surface area contributed by atoms with Gasteiger partial charge in [-0.3, -0.25) is 24.1 Å². The first kappa shape index (κ1) is 19.9. The van der Waals surface area contributed by atoms with Crippen LogP contribution in [-0.2, 0) is 19.1 Å². The minimum Gasteiger partial charge on any atom is -0.457 e. The van der Waals surface area contributed by atoms with Gasteiger partial charge in [0.15, 0.2) is 12.4 Å². The van der Waals surface area contributed by atoms with E-state index in [0.717, 1.165) is 6.42 Å². The molecule has 1 aliphatic heterocycles. The topological polar surface area (TPSA) is 80.8 Å². The Morgan fingerprint density at radius 3 is 2.06 bits per heavy atom. The van der Waals surface area contributed by atoms with E-state index in [1.165, 1.54) is 0 Å². The molecular weight excluding hydrogens is 406 g/mol. The third-order valence-corrected chi connectivity index (χ3v) is 8.53. The molecule has 1 aromatic carbocycles. The van der Waals surface area contributed by atoms with Gasteiger partial charge in [0.1, 0.15) is 0 Å². The zero-order valence-corrected chi connectivity index (χ0v) is 17.9. The predicted molar refractivity (Wildman–Crippen MR) is 114 cm³/mol. The van der Waals surface area contributed by atoms with E-state index in [1.807, 2.05) is 6.07 Å². The summed E-state index contributed by atoms with van der Waals surface area (Å²) < 4.78 is 5.29. The Kier molecular flexibility index (Phi) is 4.60. The molecule has 1 saturated heterocycles. The molecule has 6 aliphatic rings. The molecule has 0 spiro atoms. The second kappa shape index (κ2) is 7.39. The molecule has 7 rings (SSSR count). The lowest BCUT2D eigenvalue weighted by atomic mass is 9.63. The highest BCUT2D eigenvalue weighted by molar-refractivity contribution is 6.06. The van der Waals surface area contributed by atoms with E-state index in [1.54, 1.807) is 29.2 Å². The van der Waals surface area contributed by atoms with Crippen LogP contribution in [0, 0.1) is 41.4 Å². The Bertz CT molecular complexity index is 972. The summed E-state index contributed by atoms with van der Waals surface area (Å²) in [7, 11) is 0. The Morgan fingerprint density at radius 2 is 1.47 bits per heavy atom. The molecule has 1 aromatic rings. The van der Waals surface area contributed by atoms with Crippen LogP contribution in [0.15, 0.2) is 42.5 Å². The molecule has 6 heteroatoms. The van der Waals surface area contributed by atoms with E-state index in [0.29, 0.717) is 43.1 Å². The standard InChI is InChI=1S/C26H27NO5/c28-21(14-4-2-1-3-5-14)13-32-26(31)15-6-8-16(9-7-15)27-24(29)22-17-10-11-18(20-12-19(17)20)23(22)25(27)30/h1-5,10-11,15-20,22-23H,6-9,12-13H2/t15?,16?,17-,18-,19-,20-,22+,23+/m1/s1. The summed E-state index contributed by atoms with van der Waals surface area (Å²) in [5, 5.41) is 0. The first-order valence-corrected chi connectivity index (χ1v) is 11.8. The number of imide groups is 1.